The number of nitrogens with zero attached hydrogens (tertiary/aromatic N) is 3. The van der Waals surface area contributed by atoms with Crippen LogP contribution in [0.3, 0.4) is 0 Å². The first-order valence-electron chi connectivity index (χ1n) is 6.24. The van der Waals surface area contributed by atoms with Crippen LogP contribution in [-0.4, -0.2) is 36.0 Å². The molecule has 1 aliphatic rings. The van der Waals surface area contributed by atoms with Crippen molar-refractivity contribution in [2.75, 3.05) is 25.5 Å². The van der Waals surface area contributed by atoms with Gasteiger partial charge in [-0.3, -0.25) is 10.1 Å². The minimum absolute atomic E-state index is 0.0886. The number of nitro groups is 1. The Hall–Kier alpha value is -2.13. The third kappa shape index (κ3) is 3.42. The molecule has 1 N–H and O–H groups in total. The highest BCUT2D eigenvalue weighted by molar-refractivity contribution is 5.59. The molecule has 1 aliphatic carbocycles. The van der Waals surface area contributed by atoms with E-state index in [-0.39, 0.29) is 11.3 Å². The molecule has 0 atom stereocenters. The smallest absolute Gasteiger partial charge is 0.289 e. The van der Waals surface area contributed by atoms with Crippen LogP contribution in [0.4, 0.5) is 11.4 Å². The predicted octanol–water partition coefficient (Wildman–Crippen LogP) is 1.97. The minimum Gasteiger partial charge on any atom is -0.384 e. The average molecular weight is 260 g/mol. The van der Waals surface area contributed by atoms with Crippen molar-refractivity contribution in [3.8, 4) is 6.07 Å². The predicted molar refractivity (Wildman–Crippen MR) is 72.0 cm³/mol. The number of anilines is 1. The SMILES string of the molecule is CN(CCNc1ccc(C#N)c([N+](=O)[O-])c1)C1CC1. The van der Waals surface area contributed by atoms with Crippen molar-refractivity contribution in [3.63, 3.8) is 0 Å². The van der Waals surface area contributed by atoms with Crippen molar-refractivity contribution >= 4 is 11.4 Å². The molecule has 2 rings (SSSR count). The molecular formula is C13H16N4O2. The van der Waals surface area contributed by atoms with Crippen molar-refractivity contribution in [1.29, 1.82) is 5.26 Å². The van der Waals surface area contributed by atoms with Gasteiger partial charge in [-0.25, -0.2) is 0 Å². The zero-order chi connectivity index (χ0) is 13.8. The first kappa shape index (κ1) is 13.3. The molecule has 0 heterocycles. The van der Waals surface area contributed by atoms with Crippen molar-refractivity contribution in [2.24, 2.45) is 0 Å². The lowest BCUT2D eigenvalue weighted by Gasteiger charge is -2.16. The van der Waals surface area contributed by atoms with Gasteiger partial charge >= 0.3 is 0 Å². The summed E-state index contributed by atoms with van der Waals surface area (Å²) in [7, 11) is 2.08. The molecule has 100 valence electrons. The quantitative estimate of drug-likeness (QED) is 0.624. The van der Waals surface area contributed by atoms with E-state index in [1.807, 2.05) is 6.07 Å². The monoisotopic (exact) mass is 260 g/mol. The fraction of sp³-hybridized carbons (Fsp3) is 0.462. The summed E-state index contributed by atoms with van der Waals surface area (Å²) in [6.45, 7) is 1.63. The second-order valence-corrected chi connectivity index (χ2v) is 4.74. The van der Waals surface area contributed by atoms with Gasteiger partial charge in [0.15, 0.2) is 0 Å². The topological polar surface area (TPSA) is 82.2 Å². The maximum atomic E-state index is 10.8. The van der Waals surface area contributed by atoms with Crippen LogP contribution in [0, 0.1) is 21.4 Å². The molecule has 6 heteroatoms. The van der Waals surface area contributed by atoms with E-state index in [9.17, 15) is 10.1 Å². The van der Waals surface area contributed by atoms with Gasteiger partial charge in [-0.2, -0.15) is 5.26 Å². The number of benzene rings is 1. The van der Waals surface area contributed by atoms with Crippen LogP contribution in [0.5, 0.6) is 0 Å². The van der Waals surface area contributed by atoms with Crippen LogP contribution in [0.2, 0.25) is 0 Å². The van der Waals surface area contributed by atoms with E-state index in [0.29, 0.717) is 11.7 Å². The summed E-state index contributed by atoms with van der Waals surface area (Å²) in [5.41, 5.74) is 0.614. The highest BCUT2D eigenvalue weighted by atomic mass is 16.6. The Morgan fingerprint density at radius 2 is 2.32 bits per heavy atom. The third-order valence-electron chi connectivity index (χ3n) is 3.28. The van der Waals surface area contributed by atoms with Crippen LogP contribution in [0.15, 0.2) is 18.2 Å². The molecular weight excluding hydrogens is 244 g/mol. The van der Waals surface area contributed by atoms with Crippen molar-refractivity contribution in [1.82, 2.24) is 4.90 Å². The lowest BCUT2D eigenvalue weighted by Crippen LogP contribution is -2.27. The summed E-state index contributed by atoms with van der Waals surface area (Å²) in [5.74, 6) is 0. The van der Waals surface area contributed by atoms with Crippen LogP contribution in [0.1, 0.15) is 18.4 Å². The molecule has 19 heavy (non-hydrogen) atoms. The molecule has 0 saturated heterocycles. The van der Waals surface area contributed by atoms with Gasteiger partial charge in [0, 0.05) is 30.9 Å². The number of rotatable bonds is 6. The number of hydrogen-bond acceptors (Lipinski definition) is 5. The summed E-state index contributed by atoms with van der Waals surface area (Å²) in [6, 6.07) is 7.12. The second-order valence-electron chi connectivity index (χ2n) is 4.74. The molecule has 0 unspecified atom stereocenters. The van der Waals surface area contributed by atoms with Crippen molar-refractivity contribution in [2.45, 2.75) is 18.9 Å². The fourth-order valence-electron chi connectivity index (χ4n) is 1.96. The molecule has 1 fully saturated rings. The van der Waals surface area contributed by atoms with Gasteiger partial charge in [-0.15, -0.1) is 0 Å². The average Bonchev–Trinajstić information content (AvgIpc) is 3.22. The molecule has 0 aliphatic heterocycles. The number of nitrogens with one attached hydrogen (secondary N) is 1. The third-order valence-corrected chi connectivity index (χ3v) is 3.28. The normalized spacial score (nSPS) is 14.2. The lowest BCUT2D eigenvalue weighted by molar-refractivity contribution is -0.385. The Morgan fingerprint density at radius 3 is 2.89 bits per heavy atom. The highest BCUT2D eigenvalue weighted by Gasteiger charge is 2.25. The zero-order valence-corrected chi connectivity index (χ0v) is 10.8. The molecule has 1 saturated carbocycles. The van der Waals surface area contributed by atoms with Gasteiger partial charge in [0.2, 0.25) is 0 Å². The van der Waals surface area contributed by atoms with E-state index in [1.54, 1.807) is 6.07 Å². The van der Waals surface area contributed by atoms with Gasteiger partial charge < -0.3 is 10.2 Å². The standard InChI is InChI=1S/C13H16N4O2/c1-16(12-4-5-12)7-6-15-11-3-2-10(9-14)13(8-11)17(18)19/h2-3,8,12,15H,4-7H2,1H3. The fourth-order valence-corrected chi connectivity index (χ4v) is 1.96. The Labute approximate surface area is 111 Å². The Balaban J connectivity index is 1.95. The van der Waals surface area contributed by atoms with Crippen LogP contribution >= 0.6 is 0 Å². The van der Waals surface area contributed by atoms with Gasteiger partial charge in [0.05, 0.1) is 4.92 Å². The maximum absolute atomic E-state index is 10.8. The van der Waals surface area contributed by atoms with E-state index in [2.05, 4.69) is 17.3 Å². The van der Waals surface area contributed by atoms with Gasteiger partial charge in [0.25, 0.3) is 5.69 Å². The molecule has 0 aromatic heterocycles. The van der Waals surface area contributed by atoms with Crippen molar-refractivity contribution < 1.29 is 4.92 Å². The van der Waals surface area contributed by atoms with Gasteiger partial charge in [-0.1, -0.05) is 0 Å². The molecule has 6 nitrogen and oxygen atoms in total. The molecule has 1 aromatic rings. The second kappa shape index (κ2) is 5.67. The maximum Gasteiger partial charge on any atom is 0.289 e. The van der Waals surface area contributed by atoms with Crippen LogP contribution < -0.4 is 5.32 Å². The zero-order valence-electron chi connectivity index (χ0n) is 10.8. The summed E-state index contributed by atoms with van der Waals surface area (Å²) in [5, 5.41) is 22.8. The first-order chi connectivity index (χ1) is 9.11. The number of likely N-dealkylation sites (N-methyl/N-ethyl adjacent to an activating group) is 1. The molecule has 0 amide bonds. The van der Waals surface area contributed by atoms with Gasteiger partial charge in [-0.05, 0) is 32.0 Å². The molecule has 1 aromatic carbocycles. The van der Waals surface area contributed by atoms with E-state index in [0.717, 1.165) is 13.1 Å². The first-order valence-corrected chi connectivity index (χ1v) is 6.24. The Morgan fingerprint density at radius 1 is 1.58 bits per heavy atom. The summed E-state index contributed by atoms with van der Waals surface area (Å²) >= 11 is 0. The Kier molecular flexibility index (Phi) is 3.97. The van der Waals surface area contributed by atoms with Crippen LogP contribution in [-0.2, 0) is 0 Å². The van der Waals surface area contributed by atoms with Gasteiger partial charge in [0.1, 0.15) is 11.6 Å². The summed E-state index contributed by atoms with van der Waals surface area (Å²) < 4.78 is 0. The van der Waals surface area contributed by atoms with E-state index in [1.165, 1.54) is 25.0 Å². The number of hydrogen-bond donors (Lipinski definition) is 1. The minimum atomic E-state index is -0.528. The van der Waals surface area contributed by atoms with Crippen LogP contribution in [0.25, 0.3) is 0 Å². The summed E-state index contributed by atoms with van der Waals surface area (Å²) in [6.07, 6.45) is 2.53. The largest absolute Gasteiger partial charge is 0.384 e. The summed E-state index contributed by atoms with van der Waals surface area (Å²) in [4.78, 5) is 12.6. The Bertz CT molecular complexity index is 520. The lowest BCUT2D eigenvalue weighted by atomic mass is 10.2. The molecule has 0 bridgehead atoms. The van der Waals surface area contributed by atoms with E-state index < -0.39 is 4.92 Å². The van der Waals surface area contributed by atoms with Crippen molar-refractivity contribution in [3.05, 3.63) is 33.9 Å². The molecule has 0 spiro atoms. The van der Waals surface area contributed by atoms with E-state index >= 15 is 0 Å². The number of nitro benzene ring substituents is 1. The highest BCUT2D eigenvalue weighted by Crippen LogP contribution is 2.25. The number of nitriles is 1. The van der Waals surface area contributed by atoms with E-state index in [4.69, 9.17) is 5.26 Å². The molecule has 0 radical (unpaired) electrons.